The number of amides is 1. The Morgan fingerprint density at radius 3 is 2.31 bits per heavy atom. The number of nitrogens with zero attached hydrogens (tertiary/aromatic N) is 1. The maximum atomic E-state index is 13.1. The second kappa shape index (κ2) is 10.0. The minimum absolute atomic E-state index is 0.0152. The first kappa shape index (κ1) is 22.3. The number of aromatic carboxylic acids is 1. The van der Waals surface area contributed by atoms with Gasteiger partial charge in [-0.3, -0.25) is 10.0 Å². The second-order valence-corrected chi connectivity index (χ2v) is 7.99. The van der Waals surface area contributed by atoms with E-state index in [1.165, 1.54) is 36.9 Å². The molecule has 2 rings (SSSR count). The Morgan fingerprint density at radius 2 is 1.72 bits per heavy atom. The van der Waals surface area contributed by atoms with Crippen LogP contribution in [0.5, 0.6) is 5.75 Å². The van der Waals surface area contributed by atoms with Crippen LogP contribution in [0.15, 0.2) is 53.4 Å². The maximum absolute atomic E-state index is 13.1. The fourth-order valence-corrected chi connectivity index (χ4v) is 4.31. The maximum Gasteiger partial charge on any atom is 0.337 e. The van der Waals surface area contributed by atoms with E-state index in [1.807, 2.05) is 0 Å². The number of hydroxylamine groups is 1. The lowest BCUT2D eigenvalue weighted by Gasteiger charge is -2.23. The first-order valence-electron chi connectivity index (χ1n) is 8.68. The highest BCUT2D eigenvalue weighted by Gasteiger charge is 2.29. The van der Waals surface area contributed by atoms with E-state index in [0.29, 0.717) is 12.2 Å². The van der Waals surface area contributed by atoms with Crippen LogP contribution in [0.4, 0.5) is 0 Å². The zero-order chi connectivity index (χ0) is 21.4. The van der Waals surface area contributed by atoms with Gasteiger partial charge in [-0.1, -0.05) is 24.3 Å². The van der Waals surface area contributed by atoms with Crippen LogP contribution in [-0.4, -0.2) is 55.1 Å². The summed E-state index contributed by atoms with van der Waals surface area (Å²) in [5.41, 5.74) is 1.94. The van der Waals surface area contributed by atoms with E-state index in [0.717, 1.165) is 9.87 Å². The first-order valence-corrected chi connectivity index (χ1v) is 10.1. The molecule has 2 aromatic carbocycles. The second-order valence-electron chi connectivity index (χ2n) is 6.09. The summed E-state index contributed by atoms with van der Waals surface area (Å²) in [5, 5.41) is 18.0. The molecule has 0 heterocycles. The van der Waals surface area contributed by atoms with E-state index in [9.17, 15) is 23.1 Å². The predicted octanol–water partition coefficient (Wildman–Crippen LogP) is 1.52. The van der Waals surface area contributed by atoms with Crippen LogP contribution in [0.3, 0.4) is 0 Å². The van der Waals surface area contributed by atoms with Crippen molar-refractivity contribution >= 4 is 21.9 Å². The Bertz CT molecular complexity index is 959. The number of carboxylic acid groups (broad SMARTS) is 1. The molecule has 0 saturated heterocycles. The summed E-state index contributed by atoms with van der Waals surface area (Å²) in [7, 11) is -2.66. The Balaban J connectivity index is 2.30. The van der Waals surface area contributed by atoms with Gasteiger partial charge >= 0.3 is 5.97 Å². The molecule has 29 heavy (non-hydrogen) atoms. The summed E-state index contributed by atoms with van der Waals surface area (Å²) in [5.74, 6) is -1.46. The minimum Gasteiger partial charge on any atom is -0.497 e. The number of sulfonamides is 1. The number of nitrogens with one attached hydrogen (secondary N) is 1. The average Bonchev–Trinajstić information content (AvgIpc) is 2.73. The number of hydrogen-bond donors (Lipinski definition) is 3. The van der Waals surface area contributed by atoms with Crippen LogP contribution in [0.25, 0.3) is 0 Å². The van der Waals surface area contributed by atoms with Gasteiger partial charge in [-0.15, -0.1) is 0 Å². The van der Waals surface area contributed by atoms with E-state index in [-0.39, 0.29) is 30.0 Å². The molecule has 0 unspecified atom stereocenters. The topological polar surface area (TPSA) is 133 Å². The largest absolute Gasteiger partial charge is 0.497 e. The van der Waals surface area contributed by atoms with E-state index in [4.69, 9.17) is 9.94 Å². The first-order chi connectivity index (χ1) is 13.8. The van der Waals surface area contributed by atoms with Crippen LogP contribution in [0.2, 0.25) is 0 Å². The van der Waals surface area contributed by atoms with E-state index in [1.54, 1.807) is 24.3 Å². The van der Waals surface area contributed by atoms with Gasteiger partial charge in [0.15, 0.2) is 0 Å². The number of carboxylic acids is 1. The summed E-state index contributed by atoms with van der Waals surface area (Å²) in [6.07, 6.45) is 0.0484. The smallest absolute Gasteiger partial charge is 0.337 e. The number of carbonyl (C=O) groups is 2. The number of hydrogen-bond acceptors (Lipinski definition) is 6. The van der Waals surface area contributed by atoms with Crippen LogP contribution in [0, 0.1) is 0 Å². The van der Waals surface area contributed by atoms with Gasteiger partial charge in [-0.25, -0.2) is 18.7 Å². The molecule has 156 valence electrons. The number of methoxy groups -OCH3 is 1. The van der Waals surface area contributed by atoms with Gasteiger partial charge < -0.3 is 9.84 Å². The molecule has 0 aromatic heterocycles. The van der Waals surface area contributed by atoms with Crippen molar-refractivity contribution in [3.8, 4) is 5.75 Å². The molecule has 1 amide bonds. The van der Waals surface area contributed by atoms with Crippen molar-refractivity contribution in [3.05, 3.63) is 59.7 Å². The van der Waals surface area contributed by atoms with Gasteiger partial charge in [0.2, 0.25) is 15.9 Å². The number of carbonyl (C=O) groups excluding carboxylic acids is 1. The van der Waals surface area contributed by atoms with E-state index in [2.05, 4.69) is 0 Å². The van der Waals surface area contributed by atoms with Crippen molar-refractivity contribution in [1.29, 1.82) is 0 Å². The van der Waals surface area contributed by atoms with Crippen molar-refractivity contribution in [2.45, 2.75) is 17.7 Å². The van der Waals surface area contributed by atoms with Gasteiger partial charge in [-0.2, -0.15) is 4.31 Å². The third-order valence-electron chi connectivity index (χ3n) is 4.26. The Morgan fingerprint density at radius 1 is 1.07 bits per heavy atom. The minimum atomic E-state index is -4.20. The van der Waals surface area contributed by atoms with Gasteiger partial charge in [0.05, 0.1) is 17.6 Å². The fraction of sp³-hybridized carbons (Fsp3) is 0.263. The molecule has 0 bridgehead atoms. The molecule has 0 saturated carbocycles. The molecule has 2 aromatic rings. The lowest BCUT2D eigenvalue weighted by atomic mass is 10.1. The average molecular weight is 422 g/mol. The van der Waals surface area contributed by atoms with Gasteiger partial charge in [0.25, 0.3) is 0 Å². The fourth-order valence-electron chi connectivity index (χ4n) is 2.69. The van der Waals surface area contributed by atoms with Gasteiger partial charge in [0.1, 0.15) is 5.75 Å². The molecular formula is C19H22N2O7S. The quantitative estimate of drug-likeness (QED) is 0.390. The third kappa shape index (κ3) is 5.76. The van der Waals surface area contributed by atoms with Crippen molar-refractivity contribution in [2.24, 2.45) is 0 Å². The molecular weight excluding hydrogens is 400 g/mol. The lowest BCUT2D eigenvalue weighted by molar-refractivity contribution is -0.129. The zero-order valence-electron chi connectivity index (χ0n) is 15.7. The summed E-state index contributed by atoms with van der Waals surface area (Å²) in [6.45, 7) is -0.208. The highest BCUT2D eigenvalue weighted by molar-refractivity contribution is 7.89. The van der Waals surface area contributed by atoms with Crippen molar-refractivity contribution in [3.63, 3.8) is 0 Å². The lowest BCUT2D eigenvalue weighted by Crippen LogP contribution is -2.37. The molecule has 3 N–H and O–H groups in total. The highest BCUT2D eigenvalue weighted by atomic mass is 32.2. The predicted molar refractivity (Wildman–Crippen MR) is 103 cm³/mol. The van der Waals surface area contributed by atoms with Crippen molar-refractivity contribution in [2.75, 3.05) is 20.2 Å². The summed E-state index contributed by atoms with van der Waals surface area (Å²) < 4.78 is 32.4. The molecule has 0 spiro atoms. The monoisotopic (exact) mass is 422 g/mol. The standard InChI is InChI=1S/C19H22N2O7S/c1-28-15-8-6-14(7-9-15)10-12-21(13-11-18(22)20-25)29(26,27)17-5-3-2-4-16(17)19(23)24/h2-9,25H,10-13H2,1H3,(H,20,22)(H,23,24). The van der Waals surface area contributed by atoms with Crippen LogP contribution < -0.4 is 10.2 Å². The molecule has 9 nitrogen and oxygen atoms in total. The van der Waals surface area contributed by atoms with Crippen LogP contribution >= 0.6 is 0 Å². The van der Waals surface area contributed by atoms with E-state index >= 15 is 0 Å². The van der Waals surface area contributed by atoms with Crippen molar-refractivity contribution in [1.82, 2.24) is 9.79 Å². The molecule has 0 aliphatic carbocycles. The Hall–Kier alpha value is -2.95. The summed E-state index contributed by atoms with van der Waals surface area (Å²) in [6, 6.07) is 12.3. The van der Waals surface area contributed by atoms with Crippen LogP contribution in [-0.2, 0) is 21.2 Å². The Labute approximate surface area is 168 Å². The zero-order valence-corrected chi connectivity index (χ0v) is 16.6. The van der Waals surface area contributed by atoms with Crippen molar-refractivity contribution < 1.29 is 33.1 Å². The number of ether oxygens (including phenoxy) is 1. The molecule has 10 heteroatoms. The SMILES string of the molecule is COc1ccc(CCN(CCC(=O)NO)S(=O)(=O)c2ccccc2C(=O)O)cc1. The summed E-state index contributed by atoms with van der Waals surface area (Å²) >= 11 is 0. The number of rotatable bonds is 10. The Kier molecular flexibility index (Phi) is 7.71. The van der Waals surface area contributed by atoms with Gasteiger partial charge in [0, 0.05) is 19.5 Å². The third-order valence-corrected chi connectivity index (χ3v) is 6.21. The molecule has 0 fully saturated rings. The van der Waals surface area contributed by atoms with Gasteiger partial charge in [-0.05, 0) is 36.2 Å². The van der Waals surface area contributed by atoms with E-state index < -0.39 is 21.9 Å². The molecule has 0 aliphatic heterocycles. The number of benzene rings is 2. The molecule has 0 aliphatic rings. The molecule has 0 radical (unpaired) electrons. The summed E-state index contributed by atoms with van der Waals surface area (Å²) in [4.78, 5) is 22.5. The normalized spacial score (nSPS) is 11.3. The van der Waals surface area contributed by atoms with Crippen LogP contribution in [0.1, 0.15) is 22.3 Å². The molecule has 0 atom stereocenters. The highest BCUT2D eigenvalue weighted by Crippen LogP contribution is 2.21.